The number of aliphatic hydroxyl groups is 1. The molecule has 0 fully saturated rings. The number of rotatable bonds is 7. The van der Waals surface area contributed by atoms with Crippen LogP contribution in [0.3, 0.4) is 0 Å². The van der Waals surface area contributed by atoms with Crippen molar-refractivity contribution in [2.75, 3.05) is 19.4 Å². The van der Waals surface area contributed by atoms with E-state index >= 15 is 0 Å². The van der Waals surface area contributed by atoms with Crippen LogP contribution >= 0.6 is 11.8 Å². The summed E-state index contributed by atoms with van der Waals surface area (Å²) >= 11 is 1.41. The first-order valence-corrected chi connectivity index (χ1v) is 7.25. The normalized spacial score (nSPS) is 15.1. The summed E-state index contributed by atoms with van der Waals surface area (Å²) < 4.78 is 37.1. The zero-order valence-electron chi connectivity index (χ0n) is 11.5. The highest BCUT2D eigenvalue weighted by molar-refractivity contribution is 7.99. The number of nitrogens with one attached hydrogen (secondary N) is 1. The molecule has 0 aliphatic rings. The monoisotopic (exact) mass is 308 g/mol. The van der Waals surface area contributed by atoms with Crippen molar-refractivity contribution in [3.05, 3.63) is 23.9 Å². The van der Waals surface area contributed by atoms with Gasteiger partial charge in [-0.3, -0.25) is 0 Å². The molecule has 1 atom stereocenters. The summed E-state index contributed by atoms with van der Waals surface area (Å²) in [6.45, 7) is 1.97. The highest BCUT2D eigenvalue weighted by Gasteiger charge is 2.30. The van der Waals surface area contributed by atoms with Crippen molar-refractivity contribution >= 4 is 11.8 Å². The Kier molecular flexibility index (Phi) is 6.29. The Morgan fingerprint density at radius 2 is 2.05 bits per heavy atom. The fourth-order valence-corrected chi connectivity index (χ4v) is 2.34. The summed E-state index contributed by atoms with van der Waals surface area (Å²) in [4.78, 5) is 3.80. The van der Waals surface area contributed by atoms with Gasteiger partial charge in [-0.2, -0.15) is 13.2 Å². The second kappa shape index (κ2) is 7.28. The van der Waals surface area contributed by atoms with E-state index in [2.05, 4.69) is 10.3 Å². The van der Waals surface area contributed by atoms with Crippen LogP contribution in [0.4, 0.5) is 13.2 Å². The minimum Gasteiger partial charge on any atom is -0.394 e. The van der Waals surface area contributed by atoms with E-state index in [9.17, 15) is 18.3 Å². The molecule has 1 aromatic rings. The zero-order chi connectivity index (χ0) is 15.2. The average molecular weight is 308 g/mol. The molecule has 1 aromatic heterocycles. The molecule has 0 aliphatic heterocycles. The third-order valence-corrected chi connectivity index (χ3v) is 4.17. The maximum Gasteiger partial charge on any atom is 0.417 e. The molecule has 0 spiro atoms. The first-order chi connectivity index (χ1) is 9.30. The lowest BCUT2D eigenvalue weighted by Gasteiger charge is -2.26. The van der Waals surface area contributed by atoms with Crippen LogP contribution in [0.2, 0.25) is 0 Å². The highest BCUT2D eigenvalue weighted by Crippen LogP contribution is 2.29. The Labute approximate surface area is 121 Å². The number of aromatic nitrogens is 1. The fraction of sp³-hybridized carbons (Fsp3) is 0.615. The van der Waals surface area contributed by atoms with Crippen LogP contribution < -0.4 is 5.32 Å². The number of likely N-dealkylation sites (N-methyl/N-ethyl adjacent to an activating group) is 1. The Hall–Kier alpha value is -0.790. The lowest BCUT2D eigenvalue weighted by molar-refractivity contribution is -0.137. The van der Waals surface area contributed by atoms with Gasteiger partial charge in [0.1, 0.15) is 0 Å². The number of alkyl halides is 3. The minimum atomic E-state index is -4.34. The van der Waals surface area contributed by atoms with Gasteiger partial charge in [-0.25, -0.2) is 4.98 Å². The van der Waals surface area contributed by atoms with Crippen LogP contribution in [-0.2, 0) is 6.18 Å². The highest BCUT2D eigenvalue weighted by atomic mass is 32.2. The van der Waals surface area contributed by atoms with Gasteiger partial charge in [-0.15, -0.1) is 11.8 Å². The Morgan fingerprint density at radius 3 is 2.50 bits per heavy atom. The van der Waals surface area contributed by atoms with Crippen molar-refractivity contribution in [1.29, 1.82) is 0 Å². The summed E-state index contributed by atoms with van der Waals surface area (Å²) in [5.41, 5.74) is -1.04. The lowest BCUT2D eigenvalue weighted by atomic mass is 9.98. The Morgan fingerprint density at radius 1 is 1.35 bits per heavy atom. The van der Waals surface area contributed by atoms with E-state index in [0.29, 0.717) is 5.03 Å². The second-order valence-electron chi connectivity index (χ2n) is 4.80. The first kappa shape index (κ1) is 17.3. The molecule has 20 heavy (non-hydrogen) atoms. The molecule has 1 rings (SSSR count). The molecule has 1 heterocycles. The number of hydrogen-bond donors (Lipinski definition) is 2. The van der Waals surface area contributed by atoms with Crippen LogP contribution in [0.25, 0.3) is 0 Å². The predicted octanol–water partition coefficient (Wildman–Crippen LogP) is 2.94. The minimum absolute atomic E-state index is 0.0483. The topological polar surface area (TPSA) is 45.1 Å². The molecule has 0 aliphatic carbocycles. The summed E-state index contributed by atoms with van der Waals surface area (Å²) in [6.07, 6.45) is -1.86. The van der Waals surface area contributed by atoms with E-state index < -0.39 is 11.7 Å². The third kappa shape index (κ3) is 5.30. The van der Waals surface area contributed by atoms with Gasteiger partial charge in [0.2, 0.25) is 0 Å². The molecular formula is C13H19F3N2OS. The summed E-state index contributed by atoms with van der Waals surface area (Å²) in [7, 11) is 1.79. The molecule has 114 valence electrons. The smallest absolute Gasteiger partial charge is 0.394 e. The van der Waals surface area contributed by atoms with E-state index in [0.717, 1.165) is 30.9 Å². The maximum atomic E-state index is 12.4. The van der Waals surface area contributed by atoms with Crippen molar-refractivity contribution in [2.45, 2.75) is 36.5 Å². The van der Waals surface area contributed by atoms with Crippen molar-refractivity contribution in [2.24, 2.45) is 0 Å². The summed E-state index contributed by atoms with van der Waals surface area (Å²) in [6, 6.07) is 2.43. The molecule has 2 N–H and O–H groups in total. The Balaban J connectivity index is 2.40. The fourth-order valence-electron chi connectivity index (χ4n) is 1.56. The molecule has 7 heteroatoms. The van der Waals surface area contributed by atoms with Crippen molar-refractivity contribution in [1.82, 2.24) is 10.3 Å². The molecule has 0 aromatic carbocycles. The van der Waals surface area contributed by atoms with Gasteiger partial charge in [0, 0.05) is 11.7 Å². The van der Waals surface area contributed by atoms with Gasteiger partial charge in [0.05, 0.1) is 17.2 Å². The van der Waals surface area contributed by atoms with Crippen LogP contribution in [0.1, 0.15) is 25.3 Å². The number of hydrogen-bond acceptors (Lipinski definition) is 4. The van der Waals surface area contributed by atoms with Crippen molar-refractivity contribution in [3.63, 3.8) is 0 Å². The second-order valence-corrected chi connectivity index (χ2v) is 5.92. The quantitative estimate of drug-likeness (QED) is 0.600. The molecule has 0 saturated carbocycles. The van der Waals surface area contributed by atoms with Gasteiger partial charge in [0.15, 0.2) is 0 Å². The van der Waals surface area contributed by atoms with E-state index in [1.807, 2.05) is 6.92 Å². The van der Waals surface area contributed by atoms with Gasteiger partial charge >= 0.3 is 6.18 Å². The third-order valence-electron chi connectivity index (χ3n) is 3.14. The molecule has 0 radical (unpaired) electrons. The van der Waals surface area contributed by atoms with E-state index in [-0.39, 0.29) is 12.1 Å². The van der Waals surface area contributed by atoms with Gasteiger partial charge in [-0.1, -0.05) is 0 Å². The number of pyridine rings is 1. The largest absolute Gasteiger partial charge is 0.417 e. The van der Waals surface area contributed by atoms with Crippen LogP contribution in [0, 0.1) is 0 Å². The SMILES string of the molecule is CNC(C)(CO)CCCSc1ccc(C(F)(F)F)cn1. The van der Waals surface area contributed by atoms with Crippen LogP contribution in [-0.4, -0.2) is 35.0 Å². The predicted molar refractivity (Wildman–Crippen MR) is 73.7 cm³/mol. The molecule has 0 amide bonds. The lowest BCUT2D eigenvalue weighted by Crippen LogP contribution is -2.43. The van der Waals surface area contributed by atoms with E-state index in [4.69, 9.17) is 0 Å². The van der Waals surface area contributed by atoms with Crippen molar-refractivity contribution < 1.29 is 18.3 Å². The Bertz CT molecular complexity index is 405. The van der Waals surface area contributed by atoms with Crippen LogP contribution in [0.15, 0.2) is 23.4 Å². The average Bonchev–Trinajstić information content (AvgIpc) is 2.43. The molecule has 0 saturated heterocycles. The maximum absolute atomic E-state index is 12.4. The van der Waals surface area contributed by atoms with Crippen LogP contribution in [0.5, 0.6) is 0 Å². The zero-order valence-corrected chi connectivity index (χ0v) is 12.3. The van der Waals surface area contributed by atoms with E-state index in [1.165, 1.54) is 17.8 Å². The standard InChI is InChI=1S/C13H19F3N2OS/c1-12(9-19,17-2)6-3-7-20-11-5-4-10(8-18-11)13(14,15)16/h4-5,8,17,19H,3,6-7,9H2,1-2H3. The number of thioether (sulfide) groups is 1. The van der Waals surface area contributed by atoms with Gasteiger partial charge in [0.25, 0.3) is 0 Å². The first-order valence-electron chi connectivity index (χ1n) is 6.26. The number of nitrogens with zero attached hydrogens (tertiary/aromatic N) is 1. The van der Waals surface area contributed by atoms with Crippen molar-refractivity contribution in [3.8, 4) is 0 Å². The number of aliphatic hydroxyl groups excluding tert-OH is 1. The molecule has 0 bridgehead atoms. The number of halogens is 3. The van der Waals surface area contributed by atoms with E-state index in [1.54, 1.807) is 7.05 Å². The summed E-state index contributed by atoms with van der Waals surface area (Å²) in [5.74, 6) is 0.746. The molecular weight excluding hydrogens is 289 g/mol. The van der Waals surface area contributed by atoms with Gasteiger partial charge in [-0.05, 0) is 44.7 Å². The molecule has 1 unspecified atom stereocenters. The molecule has 3 nitrogen and oxygen atoms in total. The summed E-state index contributed by atoms with van der Waals surface area (Å²) in [5, 5.41) is 12.8. The van der Waals surface area contributed by atoms with Gasteiger partial charge < -0.3 is 10.4 Å².